The minimum absolute atomic E-state index is 0.0434. The normalized spacial score (nSPS) is 54.2. The second-order valence-electron chi connectivity index (χ2n) is 20.5. The van der Waals surface area contributed by atoms with E-state index in [4.69, 9.17) is 18.9 Å². The van der Waals surface area contributed by atoms with E-state index in [1.807, 2.05) is 13.8 Å². The van der Waals surface area contributed by atoms with Crippen LogP contribution in [0.2, 0.25) is 0 Å². The standard InChI is InChI=1S/C42H64O16/c1-37-13-14-38(2,36(53)54)17-20(37)19-7-8-22-39(3)11-10-23(40(4,18-43)21(39)9-12-42(22,6)41(19,5)16-15-37)55-35-31(27(47)26(46)30(57-35)33(51)52)58-34-28(48)24(44)25(45)29(56-34)32(49)50/h7,20-31,34-35,43-48H,8-18H2,1-6H3,(H,49,50)(H,51,52)(H,53,54)/t20-,21-,22-,23+,24+,25+,26+,27+,28-,29+,30+,31-,34+,35-,37-,38+,39+,40+,41-,42+/m0/s1. The van der Waals surface area contributed by atoms with Crippen molar-refractivity contribution < 1.29 is 79.3 Å². The highest BCUT2D eigenvalue weighted by Crippen LogP contribution is 2.76. The van der Waals surface area contributed by atoms with Gasteiger partial charge in [-0.15, -0.1) is 0 Å². The lowest BCUT2D eigenvalue weighted by atomic mass is 9.33. The van der Waals surface area contributed by atoms with Crippen molar-refractivity contribution in [2.45, 2.75) is 173 Å². The molecule has 2 heterocycles. The summed E-state index contributed by atoms with van der Waals surface area (Å²) in [6.45, 7) is 13.0. The van der Waals surface area contributed by atoms with Gasteiger partial charge in [-0.2, -0.15) is 0 Å². The summed E-state index contributed by atoms with van der Waals surface area (Å²) >= 11 is 0. The molecule has 9 N–H and O–H groups in total. The van der Waals surface area contributed by atoms with Crippen LogP contribution in [0.1, 0.15) is 106 Å². The Labute approximate surface area is 338 Å². The van der Waals surface area contributed by atoms with E-state index in [0.29, 0.717) is 25.7 Å². The van der Waals surface area contributed by atoms with Gasteiger partial charge in [0.1, 0.15) is 36.6 Å². The number of hydrogen-bond acceptors (Lipinski definition) is 13. The monoisotopic (exact) mass is 824 g/mol. The number of carboxylic acids is 3. The average molecular weight is 825 g/mol. The van der Waals surface area contributed by atoms with Gasteiger partial charge in [0.2, 0.25) is 0 Å². The smallest absolute Gasteiger partial charge is 0.335 e. The molecule has 16 heteroatoms. The van der Waals surface area contributed by atoms with E-state index in [1.54, 1.807) is 0 Å². The SMILES string of the molecule is C[C@@]1(C(=O)O)CC[C@@]2(C)CC[C@@]3(C)C(=CC[C@H]4[C@]5(C)CC[C@@H](O[C@H]6O[C@@H](C(=O)O)[C@H](O)[C@@H](O)[C@@H]6O[C@H]6O[C@@H](C(=O)O)[C@H](O)[C@@H](O)[C@@H]6O)[C@](C)(CO)[C@H]5CC[C@]43C)[C@@H]2C1. The highest BCUT2D eigenvalue weighted by atomic mass is 16.8. The number of allylic oxidation sites excluding steroid dienone is 2. The molecule has 0 aromatic carbocycles. The zero-order valence-electron chi connectivity index (χ0n) is 34.3. The Bertz CT molecular complexity index is 1670. The number of aliphatic hydroxyl groups is 6. The summed E-state index contributed by atoms with van der Waals surface area (Å²) in [5, 5.41) is 94.4. The number of ether oxygens (including phenoxy) is 4. The Morgan fingerprint density at radius 3 is 1.91 bits per heavy atom. The number of aliphatic hydroxyl groups excluding tert-OH is 6. The van der Waals surface area contributed by atoms with Gasteiger partial charge in [0.15, 0.2) is 24.8 Å². The van der Waals surface area contributed by atoms with Crippen molar-refractivity contribution in [3.63, 3.8) is 0 Å². The summed E-state index contributed by atoms with van der Waals surface area (Å²) in [7, 11) is 0. The maximum Gasteiger partial charge on any atom is 0.335 e. The molecule has 0 aromatic heterocycles. The molecule has 20 atom stereocenters. The second kappa shape index (κ2) is 14.7. The van der Waals surface area contributed by atoms with Crippen LogP contribution in [0.25, 0.3) is 0 Å². The Balaban J connectivity index is 1.17. The van der Waals surface area contributed by atoms with E-state index in [2.05, 4.69) is 33.8 Å². The average Bonchev–Trinajstić information content (AvgIpc) is 3.16. The molecular weight excluding hydrogens is 760 g/mol. The first kappa shape index (κ1) is 43.8. The number of fused-ring (bicyclic) bond motifs is 7. The first-order valence-electron chi connectivity index (χ1n) is 20.9. The van der Waals surface area contributed by atoms with Crippen LogP contribution in [0.15, 0.2) is 11.6 Å². The van der Waals surface area contributed by atoms with Crippen LogP contribution in [-0.4, -0.2) is 138 Å². The molecular formula is C42H64O16. The third-order valence-electron chi connectivity index (χ3n) is 17.6. The molecule has 7 rings (SSSR count). The van der Waals surface area contributed by atoms with Gasteiger partial charge in [-0.3, -0.25) is 4.79 Å². The molecule has 7 aliphatic rings. The fourth-order valence-corrected chi connectivity index (χ4v) is 13.6. The van der Waals surface area contributed by atoms with Crippen LogP contribution in [-0.2, 0) is 33.3 Å². The molecule has 0 aromatic rings. The van der Waals surface area contributed by atoms with Gasteiger partial charge in [0.25, 0.3) is 0 Å². The maximum atomic E-state index is 12.5. The Morgan fingerprint density at radius 2 is 1.31 bits per heavy atom. The summed E-state index contributed by atoms with van der Waals surface area (Å²) in [5.41, 5.74) is -0.824. The van der Waals surface area contributed by atoms with Crippen LogP contribution in [0.4, 0.5) is 0 Å². The number of rotatable bonds is 8. The number of carbonyl (C=O) groups is 3. The lowest BCUT2D eigenvalue weighted by Crippen LogP contribution is -2.68. The van der Waals surface area contributed by atoms with Gasteiger partial charge in [0, 0.05) is 5.41 Å². The Hall–Kier alpha value is -2.25. The third-order valence-corrected chi connectivity index (χ3v) is 17.6. The molecule has 328 valence electrons. The molecule has 2 aliphatic heterocycles. The Kier molecular flexibility index (Phi) is 11.1. The molecule has 0 unspecified atom stereocenters. The van der Waals surface area contributed by atoms with Gasteiger partial charge in [-0.25, -0.2) is 9.59 Å². The van der Waals surface area contributed by atoms with Crippen LogP contribution < -0.4 is 0 Å². The van der Waals surface area contributed by atoms with Gasteiger partial charge in [-0.05, 0) is 111 Å². The van der Waals surface area contributed by atoms with Crippen LogP contribution in [0.5, 0.6) is 0 Å². The lowest BCUT2D eigenvalue weighted by molar-refractivity contribution is -0.372. The molecule has 58 heavy (non-hydrogen) atoms. The molecule has 0 amide bonds. The molecule has 5 aliphatic carbocycles. The molecule has 2 saturated heterocycles. The molecule has 16 nitrogen and oxygen atoms in total. The van der Waals surface area contributed by atoms with Crippen LogP contribution >= 0.6 is 0 Å². The lowest BCUT2D eigenvalue weighted by Gasteiger charge is -2.71. The largest absolute Gasteiger partial charge is 0.481 e. The van der Waals surface area contributed by atoms with E-state index in [1.165, 1.54) is 5.57 Å². The van der Waals surface area contributed by atoms with Crippen molar-refractivity contribution >= 4 is 17.9 Å². The summed E-state index contributed by atoms with van der Waals surface area (Å²) in [6, 6.07) is 0. The van der Waals surface area contributed by atoms with Crippen molar-refractivity contribution in [1.82, 2.24) is 0 Å². The summed E-state index contributed by atoms with van der Waals surface area (Å²) in [4.78, 5) is 36.5. The molecule has 0 spiro atoms. The van der Waals surface area contributed by atoms with Crippen molar-refractivity contribution in [1.29, 1.82) is 0 Å². The van der Waals surface area contributed by atoms with E-state index in [9.17, 15) is 60.3 Å². The quantitative estimate of drug-likeness (QED) is 0.125. The highest BCUT2D eigenvalue weighted by Gasteiger charge is 2.69. The van der Waals surface area contributed by atoms with Crippen molar-refractivity contribution in [3.05, 3.63) is 11.6 Å². The first-order chi connectivity index (χ1) is 26.9. The molecule has 4 saturated carbocycles. The minimum atomic E-state index is -2.06. The van der Waals surface area contributed by atoms with Crippen molar-refractivity contribution in [2.24, 2.45) is 50.2 Å². The van der Waals surface area contributed by atoms with E-state index in [0.717, 1.165) is 38.5 Å². The zero-order valence-corrected chi connectivity index (χ0v) is 34.3. The van der Waals surface area contributed by atoms with E-state index >= 15 is 0 Å². The number of carboxylic acid groups (broad SMARTS) is 3. The van der Waals surface area contributed by atoms with E-state index < -0.39 is 96.3 Å². The predicted octanol–water partition coefficient (Wildman–Crippen LogP) is 2.04. The summed E-state index contributed by atoms with van der Waals surface area (Å²) in [5.74, 6) is -3.72. The summed E-state index contributed by atoms with van der Waals surface area (Å²) in [6.07, 6.45) is -10.4. The van der Waals surface area contributed by atoms with Gasteiger partial charge in [0.05, 0.1) is 18.1 Å². The molecule has 6 fully saturated rings. The van der Waals surface area contributed by atoms with Gasteiger partial charge in [-0.1, -0.05) is 46.3 Å². The van der Waals surface area contributed by atoms with Gasteiger partial charge < -0.3 is 64.9 Å². The van der Waals surface area contributed by atoms with Crippen molar-refractivity contribution in [2.75, 3.05) is 6.61 Å². The topological polar surface area (TPSA) is 270 Å². The van der Waals surface area contributed by atoms with Crippen LogP contribution in [0, 0.1) is 50.2 Å². The maximum absolute atomic E-state index is 12.5. The zero-order chi connectivity index (χ0) is 42.7. The van der Waals surface area contributed by atoms with E-state index in [-0.39, 0.29) is 46.0 Å². The second-order valence-corrected chi connectivity index (χ2v) is 20.5. The fourth-order valence-electron chi connectivity index (χ4n) is 13.6. The predicted molar refractivity (Wildman–Crippen MR) is 200 cm³/mol. The number of aliphatic carboxylic acids is 3. The van der Waals surface area contributed by atoms with Crippen LogP contribution in [0.3, 0.4) is 0 Å². The minimum Gasteiger partial charge on any atom is -0.481 e. The molecule has 0 radical (unpaired) electrons. The summed E-state index contributed by atoms with van der Waals surface area (Å²) < 4.78 is 23.4. The Morgan fingerprint density at radius 1 is 0.707 bits per heavy atom. The fraction of sp³-hybridized carbons (Fsp3) is 0.881. The van der Waals surface area contributed by atoms with Crippen molar-refractivity contribution in [3.8, 4) is 0 Å². The molecule has 0 bridgehead atoms. The number of hydrogen-bond donors (Lipinski definition) is 9. The first-order valence-corrected chi connectivity index (χ1v) is 20.9. The third kappa shape index (κ3) is 6.33. The highest BCUT2D eigenvalue weighted by molar-refractivity contribution is 5.75. The van der Waals surface area contributed by atoms with Gasteiger partial charge >= 0.3 is 17.9 Å².